The zero-order chi connectivity index (χ0) is 13.9. The first-order valence-electron chi connectivity index (χ1n) is 7.55. The summed E-state index contributed by atoms with van der Waals surface area (Å²) < 4.78 is 2.02. The molecule has 19 heavy (non-hydrogen) atoms. The molecular formula is C15H28N4. The van der Waals surface area contributed by atoms with Gasteiger partial charge in [-0.1, -0.05) is 26.2 Å². The lowest BCUT2D eigenvalue weighted by molar-refractivity contribution is 0.143. The van der Waals surface area contributed by atoms with Crippen LogP contribution in [0.1, 0.15) is 64.6 Å². The molecule has 1 aromatic rings. The Labute approximate surface area is 116 Å². The van der Waals surface area contributed by atoms with Gasteiger partial charge in [-0.15, -0.1) is 0 Å². The van der Waals surface area contributed by atoms with Crippen LogP contribution >= 0.6 is 0 Å². The molecule has 1 aromatic heterocycles. The first-order valence-corrected chi connectivity index (χ1v) is 7.55. The highest BCUT2D eigenvalue weighted by Crippen LogP contribution is 2.39. The Morgan fingerprint density at radius 3 is 2.58 bits per heavy atom. The molecule has 0 spiro atoms. The Balaban J connectivity index is 2.05. The summed E-state index contributed by atoms with van der Waals surface area (Å²) in [5.41, 5.74) is 4.51. The second-order valence-corrected chi connectivity index (χ2v) is 6.52. The van der Waals surface area contributed by atoms with E-state index in [4.69, 9.17) is 5.84 Å². The number of nitrogens with zero attached hydrogens (tertiary/aromatic N) is 2. The molecule has 1 fully saturated rings. The highest BCUT2D eigenvalue weighted by molar-refractivity contribution is 5.05. The second-order valence-electron chi connectivity index (χ2n) is 6.52. The maximum absolute atomic E-state index is 5.82. The summed E-state index contributed by atoms with van der Waals surface area (Å²) in [5.74, 6) is 5.82. The average molecular weight is 264 g/mol. The fraction of sp³-hybridized carbons (Fsp3) is 0.800. The van der Waals surface area contributed by atoms with Crippen molar-refractivity contribution < 1.29 is 0 Å². The molecule has 4 nitrogen and oxygen atoms in total. The van der Waals surface area contributed by atoms with Gasteiger partial charge in [0.25, 0.3) is 0 Å². The van der Waals surface area contributed by atoms with E-state index in [1.54, 1.807) is 0 Å². The molecule has 1 aliphatic carbocycles. The van der Waals surface area contributed by atoms with Gasteiger partial charge in [-0.05, 0) is 38.2 Å². The van der Waals surface area contributed by atoms with Gasteiger partial charge < -0.3 is 0 Å². The molecule has 1 aliphatic rings. The van der Waals surface area contributed by atoms with Crippen molar-refractivity contribution in [1.82, 2.24) is 15.2 Å². The van der Waals surface area contributed by atoms with Crippen LogP contribution in [0.15, 0.2) is 12.3 Å². The molecule has 1 heterocycles. The van der Waals surface area contributed by atoms with Gasteiger partial charge >= 0.3 is 0 Å². The van der Waals surface area contributed by atoms with Gasteiger partial charge in [-0.25, -0.2) is 0 Å². The quantitative estimate of drug-likeness (QED) is 0.635. The lowest BCUT2D eigenvalue weighted by atomic mass is 9.69. The van der Waals surface area contributed by atoms with Crippen LogP contribution < -0.4 is 11.3 Å². The Kier molecular flexibility index (Phi) is 4.63. The topological polar surface area (TPSA) is 55.9 Å². The van der Waals surface area contributed by atoms with Crippen LogP contribution in [0.4, 0.5) is 0 Å². The van der Waals surface area contributed by atoms with Gasteiger partial charge in [-0.3, -0.25) is 16.0 Å². The van der Waals surface area contributed by atoms with Crippen molar-refractivity contribution in [2.24, 2.45) is 11.3 Å². The largest absolute Gasteiger partial charge is 0.271 e. The Bertz CT molecular complexity index is 391. The molecule has 0 aliphatic heterocycles. The van der Waals surface area contributed by atoms with Crippen molar-refractivity contribution in [3.63, 3.8) is 0 Å². The highest BCUT2D eigenvalue weighted by atomic mass is 15.3. The van der Waals surface area contributed by atoms with E-state index in [2.05, 4.69) is 43.6 Å². The Morgan fingerprint density at radius 1 is 1.37 bits per heavy atom. The van der Waals surface area contributed by atoms with Gasteiger partial charge in [0.05, 0.1) is 5.69 Å². The predicted molar refractivity (Wildman–Crippen MR) is 78.6 cm³/mol. The third-order valence-corrected chi connectivity index (χ3v) is 4.64. The summed E-state index contributed by atoms with van der Waals surface area (Å²) in [6.45, 7) is 6.67. The van der Waals surface area contributed by atoms with Crippen LogP contribution in [0.2, 0.25) is 0 Å². The van der Waals surface area contributed by atoms with E-state index in [1.807, 2.05) is 4.68 Å². The van der Waals surface area contributed by atoms with Crippen molar-refractivity contribution in [3.05, 3.63) is 18.0 Å². The summed E-state index contributed by atoms with van der Waals surface area (Å²) in [4.78, 5) is 0. The van der Waals surface area contributed by atoms with Crippen LogP contribution in [-0.4, -0.2) is 15.8 Å². The summed E-state index contributed by atoms with van der Waals surface area (Å²) in [5, 5.41) is 4.64. The lowest BCUT2D eigenvalue weighted by Gasteiger charge is -2.40. The normalized spacial score (nSPS) is 20.7. The Morgan fingerprint density at radius 2 is 2.05 bits per heavy atom. The monoisotopic (exact) mass is 264 g/mol. The van der Waals surface area contributed by atoms with Crippen molar-refractivity contribution in [3.8, 4) is 0 Å². The fourth-order valence-electron chi connectivity index (χ4n) is 3.20. The number of rotatable bonds is 5. The maximum Gasteiger partial charge on any atom is 0.0640 e. The molecule has 108 valence electrons. The zero-order valence-electron chi connectivity index (χ0n) is 12.5. The highest BCUT2D eigenvalue weighted by Gasteiger charge is 2.35. The molecule has 3 N–H and O–H groups in total. The smallest absolute Gasteiger partial charge is 0.0640 e. The van der Waals surface area contributed by atoms with Crippen molar-refractivity contribution >= 4 is 0 Å². The van der Waals surface area contributed by atoms with E-state index in [1.165, 1.54) is 32.1 Å². The molecule has 1 unspecified atom stereocenters. The van der Waals surface area contributed by atoms with Crippen molar-refractivity contribution in [1.29, 1.82) is 0 Å². The molecule has 1 saturated carbocycles. The van der Waals surface area contributed by atoms with Gasteiger partial charge in [0.15, 0.2) is 0 Å². The second kappa shape index (κ2) is 6.06. The molecule has 0 saturated heterocycles. The van der Waals surface area contributed by atoms with E-state index < -0.39 is 0 Å². The number of nitrogens with one attached hydrogen (secondary N) is 1. The number of hydrogen-bond acceptors (Lipinski definition) is 3. The standard InChI is InChI=1S/C15H28N4/c1-12(2)19-10-7-13(18-19)11-14(17-16)15(3)8-5-4-6-9-15/h7,10,12,14,17H,4-6,8-9,11,16H2,1-3H3. The minimum absolute atomic E-state index is 0.314. The predicted octanol–water partition coefficient (Wildman–Crippen LogP) is 2.81. The van der Waals surface area contributed by atoms with Crippen LogP contribution in [0, 0.1) is 5.41 Å². The van der Waals surface area contributed by atoms with E-state index in [-0.39, 0.29) is 0 Å². The Hall–Kier alpha value is -0.870. The average Bonchev–Trinajstić information content (AvgIpc) is 2.85. The number of aromatic nitrogens is 2. The van der Waals surface area contributed by atoms with Gasteiger partial charge in [-0.2, -0.15) is 5.10 Å². The van der Waals surface area contributed by atoms with Crippen LogP contribution in [0.25, 0.3) is 0 Å². The molecule has 4 heteroatoms. The number of nitrogens with two attached hydrogens (primary N) is 1. The SMILES string of the molecule is CC(C)n1ccc(CC(NN)C2(C)CCCCC2)n1. The van der Waals surface area contributed by atoms with Gasteiger partial charge in [0.1, 0.15) is 0 Å². The summed E-state index contributed by atoms with van der Waals surface area (Å²) >= 11 is 0. The minimum atomic E-state index is 0.314. The van der Waals surface area contributed by atoms with E-state index in [0.29, 0.717) is 17.5 Å². The van der Waals surface area contributed by atoms with Crippen LogP contribution in [-0.2, 0) is 6.42 Å². The van der Waals surface area contributed by atoms with E-state index >= 15 is 0 Å². The molecule has 2 rings (SSSR count). The molecule has 0 amide bonds. The van der Waals surface area contributed by atoms with Crippen molar-refractivity contribution in [2.45, 2.75) is 71.4 Å². The number of hydrazine groups is 1. The van der Waals surface area contributed by atoms with Gasteiger partial charge in [0.2, 0.25) is 0 Å². The first kappa shape index (κ1) is 14.5. The summed E-state index contributed by atoms with van der Waals surface area (Å²) in [7, 11) is 0. The molecule has 0 aromatic carbocycles. The van der Waals surface area contributed by atoms with E-state index in [0.717, 1.165) is 12.1 Å². The van der Waals surface area contributed by atoms with Crippen LogP contribution in [0.3, 0.4) is 0 Å². The summed E-state index contributed by atoms with van der Waals surface area (Å²) in [6.07, 6.45) is 9.56. The fourth-order valence-corrected chi connectivity index (χ4v) is 3.20. The minimum Gasteiger partial charge on any atom is -0.271 e. The maximum atomic E-state index is 5.82. The van der Waals surface area contributed by atoms with Crippen LogP contribution in [0.5, 0.6) is 0 Å². The zero-order valence-corrected chi connectivity index (χ0v) is 12.5. The molecule has 1 atom stereocenters. The third kappa shape index (κ3) is 3.37. The lowest BCUT2D eigenvalue weighted by Crippen LogP contribution is -2.49. The molecule has 0 bridgehead atoms. The molecular weight excluding hydrogens is 236 g/mol. The van der Waals surface area contributed by atoms with Gasteiger partial charge in [0, 0.05) is 24.7 Å². The number of hydrogen-bond donors (Lipinski definition) is 2. The van der Waals surface area contributed by atoms with Crippen molar-refractivity contribution in [2.75, 3.05) is 0 Å². The molecule has 0 radical (unpaired) electrons. The van der Waals surface area contributed by atoms with E-state index in [9.17, 15) is 0 Å². The summed E-state index contributed by atoms with van der Waals surface area (Å²) in [6, 6.07) is 2.86. The first-order chi connectivity index (χ1) is 9.05. The third-order valence-electron chi connectivity index (χ3n) is 4.64.